The van der Waals surface area contributed by atoms with Gasteiger partial charge in [0.2, 0.25) is 0 Å². The van der Waals surface area contributed by atoms with E-state index in [1.54, 1.807) is 24.3 Å². The molecule has 0 radical (unpaired) electrons. The fourth-order valence-corrected chi connectivity index (χ4v) is 2.06. The number of carbonyl (C=O) groups is 2. The van der Waals surface area contributed by atoms with Gasteiger partial charge >= 0.3 is 5.97 Å². The monoisotopic (exact) mass is 383 g/mol. The summed E-state index contributed by atoms with van der Waals surface area (Å²) >= 11 is 0. The van der Waals surface area contributed by atoms with E-state index in [1.165, 1.54) is 13.8 Å². The highest BCUT2D eigenvalue weighted by Gasteiger charge is 2.09. The summed E-state index contributed by atoms with van der Waals surface area (Å²) < 4.78 is 5.24. The summed E-state index contributed by atoms with van der Waals surface area (Å²) in [7, 11) is 0. The number of benzene rings is 1. The Labute approximate surface area is 160 Å². The minimum atomic E-state index is -0.397. The van der Waals surface area contributed by atoms with Gasteiger partial charge in [-0.25, -0.2) is 4.79 Å². The van der Waals surface area contributed by atoms with Gasteiger partial charge in [-0.3, -0.25) is 4.79 Å². The van der Waals surface area contributed by atoms with E-state index in [2.05, 4.69) is 29.0 Å². The van der Waals surface area contributed by atoms with Crippen molar-refractivity contribution in [2.45, 2.75) is 27.7 Å². The number of ketones is 1. The number of hydrogen-bond donors (Lipinski definition) is 1. The van der Waals surface area contributed by atoms with Crippen LogP contribution in [-0.4, -0.2) is 48.0 Å². The predicted octanol–water partition coefficient (Wildman–Crippen LogP) is 4.07. The first-order valence-corrected chi connectivity index (χ1v) is 8.21. The van der Waals surface area contributed by atoms with Crippen LogP contribution in [0.1, 0.15) is 38.1 Å². The number of ether oxygens (including phenoxy) is 1. The Kier molecular flexibility index (Phi) is 11.1. The van der Waals surface area contributed by atoms with Gasteiger partial charge in [-0.05, 0) is 44.3 Å². The smallest absolute Gasteiger partial charge is 0.338 e. The molecule has 0 aliphatic heterocycles. The summed E-state index contributed by atoms with van der Waals surface area (Å²) in [5, 5.41) is 17.0. The van der Waals surface area contributed by atoms with Gasteiger partial charge in [0.25, 0.3) is 0 Å². The van der Waals surface area contributed by atoms with Crippen LogP contribution in [0.5, 0.6) is 0 Å². The second-order valence-corrected chi connectivity index (χ2v) is 5.40. The van der Waals surface area contributed by atoms with Crippen molar-refractivity contribution in [2.24, 2.45) is 10.2 Å². The Morgan fingerprint density at radius 2 is 1.69 bits per heavy atom. The van der Waals surface area contributed by atoms with E-state index >= 15 is 0 Å². The first kappa shape index (κ1) is 23.8. The van der Waals surface area contributed by atoms with Gasteiger partial charge in [-0.15, -0.1) is 17.5 Å². The van der Waals surface area contributed by atoms with Crippen molar-refractivity contribution >= 4 is 29.8 Å². The molecule has 1 aromatic rings. The number of Topliss-reactive ketones (excluding diaryl/α,β-unsaturated/α-hetero) is 1. The fourth-order valence-electron chi connectivity index (χ4n) is 2.06. The van der Waals surface area contributed by atoms with Crippen LogP contribution in [0.2, 0.25) is 0 Å². The average Bonchev–Trinajstić information content (AvgIpc) is 2.58. The minimum Gasteiger partial charge on any atom is -0.510 e. The van der Waals surface area contributed by atoms with Crippen molar-refractivity contribution in [1.29, 1.82) is 0 Å². The van der Waals surface area contributed by atoms with Gasteiger partial charge < -0.3 is 14.7 Å². The maximum absolute atomic E-state index is 12.0. The molecule has 1 aromatic carbocycles. The third-order valence-corrected chi connectivity index (χ3v) is 3.58. The molecule has 0 fully saturated rings. The maximum Gasteiger partial charge on any atom is 0.338 e. The van der Waals surface area contributed by atoms with E-state index < -0.39 is 5.97 Å². The molecular formula is C18H26ClN3O4. The van der Waals surface area contributed by atoms with Gasteiger partial charge in [0, 0.05) is 13.5 Å². The number of carbonyl (C=O) groups excluding carboxylic acids is 2. The molecule has 0 heterocycles. The highest BCUT2D eigenvalue weighted by atomic mass is 35.5. The highest BCUT2D eigenvalue weighted by Crippen LogP contribution is 2.16. The molecule has 0 saturated heterocycles. The largest absolute Gasteiger partial charge is 0.510 e. The molecule has 0 aliphatic rings. The van der Waals surface area contributed by atoms with Crippen LogP contribution in [0.15, 0.2) is 46.0 Å². The van der Waals surface area contributed by atoms with Crippen molar-refractivity contribution in [3.05, 3.63) is 41.3 Å². The van der Waals surface area contributed by atoms with E-state index in [-0.39, 0.29) is 29.6 Å². The Balaban J connectivity index is 0.00000625. The minimum absolute atomic E-state index is 0. The lowest BCUT2D eigenvalue weighted by Gasteiger charge is -2.17. The zero-order valence-corrected chi connectivity index (χ0v) is 16.4. The Hall–Kier alpha value is -2.25. The van der Waals surface area contributed by atoms with Crippen LogP contribution in [0.25, 0.3) is 0 Å². The second-order valence-electron chi connectivity index (χ2n) is 5.40. The van der Waals surface area contributed by atoms with Gasteiger partial charge in [0.1, 0.15) is 12.4 Å². The Morgan fingerprint density at radius 1 is 1.12 bits per heavy atom. The fraction of sp³-hybridized carbons (Fsp3) is 0.444. The number of esters is 1. The van der Waals surface area contributed by atoms with Gasteiger partial charge in [-0.2, -0.15) is 5.11 Å². The number of aliphatic hydroxyl groups excluding tert-OH is 1. The normalized spacial score (nSPS) is 11.9. The zero-order valence-electron chi connectivity index (χ0n) is 15.6. The number of rotatable bonds is 9. The van der Waals surface area contributed by atoms with Crippen LogP contribution >= 0.6 is 12.4 Å². The van der Waals surface area contributed by atoms with Crippen LogP contribution < -0.4 is 0 Å². The van der Waals surface area contributed by atoms with Crippen LogP contribution in [-0.2, 0) is 9.53 Å². The molecule has 0 bridgehead atoms. The van der Waals surface area contributed by atoms with Crippen molar-refractivity contribution in [3.8, 4) is 0 Å². The molecule has 0 aromatic heterocycles. The van der Waals surface area contributed by atoms with E-state index in [9.17, 15) is 14.7 Å². The third kappa shape index (κ3) is 7.76. The maximum atomic E-state index is 12.0. The lowest BCUT2D eigenvalue weighted by molar-refractivity contribution is -0.113. The number of halogens is 1. The van der Waals surface area contributed by atoms with E-state index in [0.29, 0.717) is 24.4 Å². The molecule has 8 heteroatoms. The van der Waals surface area contributed by atoms with Gasteiger partial charge in [0.15, 0.2) is 11.5 Å². The van der Waals surface area contributed by atoms with Crippen LogP contribution in [0.4, 0.5) is 5.69 Å². The first-order valence-electron chi connectivity index (χ1n) is 8.21. The van der Waals surface area contributed by atoms with Gasteiger partial charge in [0.05, 0.1) is 11.3 Å². The summed E-state index contributed by atoms with van der Waals surface area (Å²) in [4.78, 5) is 25.5. The molecule has 0 saturated carbocycles. The molecule has 0 spiro atoms. The van der Waals surface area contributed by atoms with E-state index in [4.69, 9.17) is 4.74 Å². The summed E-state index contributed by atoms with van der Waals surface area (Å²) in [6.45, 7) is 9.65. The SMILES string of the molecule is CCN(CC)CCOC(=O)c1ccc(N=NC(C(C)=O)=C(C)O)cc1.Cl. The summed E-state index contributed by atoms with van der Waals surface area (Å²) in [5.41, 5.74) is 0.777. The van der Waals surface area contributed by atoms with Crippen LogP contribution in [0, 0.1) is 0 Å². The molecule has 0 aliphatic carbocycles. The standard InChI is InChI=1S/C18H25N3O4.ClH/c1-5-21(6-2)11-12-25-18(24)15-7-9-16(10-8-15)19-20-17(13(3)22)14(4)23;/h7-10,22H,5-6,11-12H2,1-4H3;1H. The molecule has 1 N–H and O–H groups in total. The first-order chi connectivity index (χ1) is 11.9. The molecule has 7 nitrogen and oxygen atoms in total. The van der Waals surface area contributed by atoms with Crippen molar-refractivity contribution in [2.75, 3.05) is 26.2 Å². The predicted molar refractivity (Wildman–Crippen MR) is 102 cm³/mol. The number of hydrogen-bond acceptors (Lipinski definition) is 7. The summed E-state index contributed by atoms with van der Waals surface area (Å²) in [5.74, 6) is -0.965. The topological polar surface area (TPSA) is 91.6 Å². The average molecular weight is 384 g/mol. The highest BCUT2D eigenvalue weighted by molar-refractivity contribution is 5.93. The molecule has 0 amide bonds. The molecular weight excluding hydrogens is 358 g/mol. The molecule has 1 rings (SSSR count). The number of aliphatic hydroxyl groups is 1. The van der Waals surface area contributed by atoms with Crippen molar-refractivity contribution in [3.63, 3.8) is 0 Å². The zero-order chi connectivity index (χ0) is 18.8. The summed E-state index contributed by atoms with van der Waals surface area (Å²) in [6.07, 6.45) is 0. The lowest BCUT2D eigenvalue weighted by Crippen LogP contribution is -2.27. The molecule has 0 atom stereocenters. The number of nitrogens with zero attached hydrogens (tertiary/aromatic N) is 3. The van der Waals surface area contributed by atoms with Crippen molar-refractivity contribution < 1.29 is 19.4 Å². The number of azo groups is 1. The Morgan fingerprint density at radius 3 is 2.15 bits per heavy atom. The summed E-state index contributed by atoms with van der Waals surface area (Å²) in [6, 6.07) is 6.35. The lowest BCUT2D eigenvalue weighted by atomic mass is 10.2. The number of likely N-dealkylation sites (N-methyl/N-ethyl adjacent to an activating group) is 1. The third-order valence-electron chi connectivity index (χ3n) is 3.58. The number of allylic oxidation sites excluding steroid dienone is 2. The Bertz CT molecular complexity index is 649. The quantitative estimate of drug-likeness (QED) is 0.300. The molecule has 26 heavy (non-hydrogen) atoms. The molecule has 144 valence electrons. The van der Waals surface area contributed by atoms with E-state index in [1.807, 2.05) is 0 Å². The second kappa shape index (κ2) is 12.2. The molecule has 0 unspecified atom stereocenters. The van der Waals surface area contributed by atoms with Gasteiger partial charge in [-0.1, -0.05) is 13.8 Å². The van der Waals surface area contributed by atoms with Crippen molar-refractivity contribution in [1.82, 2.24) is 4.90 Å². The van der Waals surface area contributed by atoms with Crippen LogP contribution in [0.3, 0.4) is 0 Å². The van der Waals surface area contributed by atoms with E-state index in [0.717, 1.165) is 13.1 Å².